The predicted molar refractivity (Wildman–Crippen MR) is 111 cm³/mol. The number of nitrogens with one attached hydrogen (secondary N) is 2. The monoisotopic (exact) mass is 362 g/mol. The first-order chi connectivity index (χ1) is 11.1. The van der Waals surface area contributed by atoms with Gasteiger partial charge in [0.15, 0.2) is 0 Å². The zero-order chi connectivity index (χ0) is 19.6. The fourth-order valence-electron chi connectivity index (χ4n) is 1.52. The van der Waals surface area contributed by atoms with Crippen LogP contribution >= 0.6 is 12.6 Å². The van der Waals surface area contributed by atoms with Crippen LogP contribution < -0.4 is 10.6 Å². The van der Waals surface area contributed by atoms with Crippen molar-refractivity contribution in [2.24, 2.45) is 5.41 Å². The lowest BCUT2D eigenvalue weighted by molar-refractivity contribution is -0.129. The van der Waals surface area contributed by atoms with E-state index in [0.29, 0.717) is 0 Å². The van der Waals surface area contributed by atoms with Gasteiger partial charge in [0.2, 0.25) is 5.91 Å². The molecule has 0 aromatic rings. The summed E-state index contributed by atoms with van der Waals surface area (Å²) in [6.45, 7) is 16.8. The molecular weight excluding hydrogens is 320 g/mol. The zero-order valence-corrected chi connectivity index (χ0v) is 17.9. The topological polar surface area (TPSA) is 61.4 Å². The van der Waals surface area contributed by atoms with Gasteiger partial charge in [-0.25, -0.2) is 0 Å². The lowest BCUT2D eigenvalue weighted by Crippen LogP contribution is -2.36. The standard InChI is InChI=1S/C14H30N2O2.C4H8.CH4S/c1-5-14(3,4)13(18)16-11-9-7-6-8-10-15-12(2)17;1-4(2)3;1-2/h12,15,17H,5-11H2,1-4H3,(H,16,18);1H2,2-3H3;2H,1H3. The maximum atomic E-state index is 11.8. The second-order valence-corrected chi connectivity index (χ2v) is 6.74. The van der Waals surface area contributed by atoms with Crippen molar-refractivity contribution < 1.29 is 9.90 Å². The molecule has 0 rings (SSSR count). The van der Waals surface area contributed by atoms with Crippen LogP contribution in [0, 0.1) is 5.41 Å². The Morgan fingerprint density at radius 2 is 1.54 bits per heavy atom. The van der Waals surface area contributed by atoms with Crippen molar-refractivity contribution in [2.75, 3.05) is 19.3 Å². The molecule has 1 unspecified atom stereocenters. The highest BCUT2D eigenvalue weighted by Crippen LogP contribution is 2.19. The molecule has 0 aliphatic rings. The fraction of sp³-hybridized carbons (Fsp3) is 0.842. The first kappa shape index (κ1) is 28.3. The van der Waals surface area contributed by atoms with Crippen molar-refractivity contribution in [2.45, 2.75) is 79.9 Å². The predicted octanol–water partition coefficient (Wildman–Crippen LogP) is 4.16. The van der Waals surface area contributed by atoms with E-state index in [1.54, 1.807) is 13.2 Å². The van der Waals surface area contributed by atoms with Crippen molar-refractivity contribution >= 4 is 18.5 Å². The maximum Gasteiger partial charge on any atom is 0.225 e. The molecule has 5 heteroatoms. The van der Waals surface area contributed by atoms with E-state index < -0.39 is 6.23 Å². The van der Waals surface area contributed by atoms with Crippen molar-refractivity contribution in [3.05, 3.63) is 12.2 Å². The summed E-state index contributed by atoms with van der Waals surface area (Å²) in [5.74, 6) is 0.153. The molecule has 3 N–H and O–H groups in total. The van der Waals surface area contributed by atoms with Crippen molar-refractivity contribution in [3.8, 4) is 0 Å². The average molecular weight is 363 g/mol. The van der Waals surface area contributed by atoms with Crippen LogP contribution in [0.3, 0.4) is 0 Å². The largest absolute Gasteiger partial charge is 0.379 e. The van der Waals surface area contributed by atoms with Crippen LogP contribution in [-0.2, 0) is 4.79 Å². The lowest BCUT2D eigenvalue weighted by Gasteiger charge is -2.21. The van der Waals surface area contributed by atoms with E-state index in [1.807, 2.05) is 34.6 Å². The number of carbonyl (C=O) groups is 1. The van der Waals surface area contributed by atoms with Crippen LogP contribution in [0.4, 0.5) is 0 Å². The van der Waals surface area contributed by atoms with Crippen molar-refractivity contribution in [1.82, 2.24) is 10.6 Å². The van der Waals surface area contributed by atoms with E-state index >= 15 is 0 Å². The number of aliphatic hydroxyl groups is 1. The van der Waals surface area contributed by atoms with Gasteiger partial charge in [-0.05, 0) is 52.8 Å². The van der Waals surface area contributed by atoms with E-state index in [-0.39, 0.29) is 11.3 Å². The van der Waals surface area contributed by atoms with Gasteiger partial charge in [0, 0.05) is 12.0 Å². The first-order valence-corrected chi connectivity index (χ1v) is 9.79. The number of rotatable bonds is 10. The number of allylic oxidation sites excluding steroid dienone is 1. The van der Waals surface area contributed by atoms with Crippen LogP contribution in [0.2, 0.25) is 0 Å². The van der Waals surface area contributed by atoms with E-state index in [9.17, 15) is 4.79 Å². The number of unbranched alkanes of at least 4 members (excludes halogenated alkanes) is 3. The minimum atomic E-state index is -0.416. The molecule has 0 radical (unpaired) electrons. The molecule has 0 heterocycles. The normalized spacial score (nSPS) is 11.4. The molecule has 0 fully saturated rings. The Kier molecular flexibility index (Phi) is 22.2. The summed E-state index contributed by atoms with van der Waals surface area (Å²) in [6, 6.07) is 0. The average Bonchev–Trinajstić information content (AvgIpc) is 2.50. The van der Waals surface area contributed by atoms with E-state index in [1.165, 1.54) is 5.57 Å². The highest BCUT2D eigenvalue weighted by Gasteiger charge is 2.24. The summed E-state index contributed by atoms with van der Waals surface area (Å²) in [7, 11) is 0. The third-order valence-electron chi connectivity index (χ3n) is 3.33. The summed E-state index contributed by atoms with van der Waals surface area (Å²) in [5.41, 5.74) is 0.918. The summed E-state index contributed by atoms with van der Waals surface area (Å²) >= 11 is 3.53. The molecule has 0 aliphatic heterocycles. The summed E-state index contributed by atoms with van der Waals surface area (Å²) in [5, 5.41) is 15.0. The smallest absolute Gasteiger partial charge is 0.225 e. The quantitative estimate of drug-likeness (QED) is 0.204. The number of amides is 1. The SMILES string of the molecule is C=C(C)C.CCC(C)(C)C(=O)NCCCCCCNC(C)O.CS. The molecule has 0 aliphatic carbocycles. The van der Waals surface area contributed by atoms with Crippen molar-refractivity contribution in [1.29, 1.82) is 0 Å². The number of aliphatic hydroxyl groups excluding tert-OH is 1. The Bertz CT molecular complexity index is 302. The number of carbonyl (C=O) groups excluding carboxylic acids is 1. The van der Waals surface area contributed by atoms with Gasteiger partial charge in [0.05, 0.1) is 0 Å². The number of hydrogen-bond acceptors (Lipinski definition) is 4. The Morgan fingerprint density at radius 1 is 1.12 bits per heavy atom. The van der Waals surface area contributed by atoms with Gasteiger partial charge in [0.25, 0.3) is 0 Å². The third-order valence-corrected chi connectivity index (χ3v) is 3.33. The molecule has 24 heavy (non-hydrogen) atoms. The van der Waals surface area contributed by atoms with Gasteiger partial charge < -0.3 is 10.4 Å². The van der Waals surface area contributed by atoms with E-state index in [2.05, 4.69) is 29.8 Å². The van der Waals surface area contributed by atoms with Crippen LogP contribution in [0.1, 0.15) is 73.6 Å². The Hall–Kier alpha value is -0.520. The van der Waals surface area contributed by atoms with E-state index in [0.717, 1.165) is 45.2 Å². The third kappa shape index (κ3) is 23.7. The molecular formula is C19H42N2O2S. The zero-order valence-electron chi connectivity index (χ0n) is 17.0. The molecule has 1 amide bonds. The second kappa shape index (κ2) is 18.8. The van der Waals surface area contributed by atoms with Gasteiger partial charge in [-0.2, -0.15) is 12.6 Å². The molecule has 4 nitrogen and oxygen atoms in total. The minimum Gasteiger partial charge on any atom is -0.379 e. The summed E-state index contributed by atoms with van der Waals surface area (Å²) in [6.07, 6.45) is 6.49. The van der Waals surface area contributed by atoms with Crippen molar-refractivity contribution in [3.63, 3.8) is 0 Å². The summed E-state index contributed by atoms with van der Waals surface area (Å²) < 4.78 is 0. The van der Waals surface area contributed by atoms with Crippen LogP contribution in [0.5, 0.6) is 0 Å². The van der Waals surface area contributed by atoms with Gasteiger partial charge in [-0.1, -0.05) is 39.2 Å². The van der Waals surface area contributed by atoms with Crippen LogP contribution in [0.25, 0.3) is 0 Å². The van der Waals surface area contributed by atoms with Crippen LogP contribution in [0.15, 0.2) is 12.2 Å². The molecule has 0 saturated carbocycles. The molecule has 0 aromatic heterocycles. The highest BCUT2D eigenvalue weighted by molar-refractivity contribution is 7.79. The highest BCUT2D eigenvalue weighted by atomic mass is 32.1. The molecule has 0 saturated heterocycles. The molecule has 146 valence electrons. The molecule has 1 atom stereocenters. The second-order valence-electron chi connectivity index (χ2n) is 6.74. The molecule has 0 aromatic carbocycles. The van der Waals surface area contributed by atoms with Gasteiger partial charge >= 0.3 is 0 Å². The van der Waals surface area contributed by atoms with E-state index in [4.69, 9.17) is 5.11 Å². The maximum absolute atomic E-state index is 11.8. The first-order valence-electron chi connectivity index (χ1n) is 8.90. The Morgan fingerprint density at radius 3 is 1.92 bits per heavy atom. The van der Waals surface area contributed by atoms with Gasteiger partial charge in [-0.3, -0.25) is 10.1 Å². The number of hydrogen-bond donors (Lipinski definition) is 4. The Balaban J connectivity index is -0.000000636. The minimum absolute atomic E-state index is 0.153. The summed E-state index contributed by atoms with van der Waals surface area (Å²) in [4.78, 5) is 11.8. The van der Waals surface area contributed by atoms with Gasteiger partial charge in [-0.15, -0.1) is 6.58 Å². The van der Waals surface area contributed by atoms with Crippen LogP contribution in [-0.4, -0.2) is 36.6 Å². The molecule has 0 spiro atoms. The lowest BCUT2D eigenvalue weighted by atomic mass is 9.89. The number of thiol groups is 1. The Labute approximate surface area is 156 Å². The molecule has 0 bridgehead atoms. The fourth-order valence-corrected chi connectivity index (χ4v) is 1.52. The van der Waals surface area contributed by atoms with Gasteiger partial charge in [0.1, 0.15) is 6.23 Å².